The highest BCUT2D eigenvalue weighted by Crippen LogP contribution is 2.15. The van der Waals surface area contributed by atoms with Crippen molar-refractivity contribution < 1.29 is 0 Å². The highest BCUT2D eigenvalue weighted by molar-refractivity contribution is 7.99. The molecule has 2 rings (SSSR count). The van der Waals surface area contributed by atoms with Gasteiger partial charge >= 0.3 is 0 Å². The summed E-state index contributed by atoms with van der Waals surface area (Å²) in [4.78, 5) is 11.4. The largest absolute Gasteiger partial charge is 0.354 e. The summed E-state index contributed by atoms with van der Waals surface area (Å²) in [6.07, 6.45) is 5.06. The molecule has 1 N–H and O–H groups in total. The van der Waals surface area contributed by atoms with Crippen molar-refractivity contribution in [1.82, 2.24) is 15.3 Å². The van der Waals surface area contributed by atoms with Gasteiger partial charge in [-0.15, -0.1) is 0 Å². The van der Waals surface area contributed by atoms with Crippen LogP contribution < -0.4 is 10.2 Å². The molecule has 0 aromatic carbocycles. The first-order valence-corrected chi connectivity index (χ1v) is 8.25. The van der Waals surface area contributed by atoms with Crippen LogP contribution in [0.3, 0.4) is 0 Å². The van der Waals surface area contributed by atoms with Crippen molar-refractivity contribution in [3.05, 3.63) is 18.1 Å². The zero-order valence-corrected chi connectivity index (χ0v) is 12.7. The molecule has 1 aromatic rings. The Morgan fingerprint density at radius 2 is 2.16 bits per heavy atom. The lowest BCUT2D eigenvalue weighted by molar-refractivity contribution is 0.547. The van der Waals surface area contributed by atoms with E-state index in [-0.39, 0.29) is 0 Å². The minimum Gasteiger partial charge on any atom is -0.354 e. The number of hydrogen-bond acceptors (Lipinski definition) is 5. The summed E-state index contributed by atoms with van der Waals surface area (Å²) in [5, 5.41) is 3.39. The fourth-order valence-corrected chi connectivity index (χ4v) is 2.95. The zero-order chi connectivity index (χ0) is 13.5. The quantitative estimate of drug-likeness (QED) is 0.895. The van der Waals surface area contributed by atoms with Crippen LogP contribution >= 0.6 is 11.8 Å². The highest BCUT2D eigenvalue weighted by atomic mass is 32.2. The summed E-state index contributed by atoms with van der Waals surface area (Å²) in [5.41, 5.74) is 1.02. The fraction of sp³-hybridized carbons (Fsp3) is 0.714. The molecule has 0 amide bonds. The zero-order valence-electron chi connectivity index (χ0n) is 11.9. The van der Waals surface area contributed by atoms with Crippen LogP contribution in [-0.4, -0.2) is 41.1 Å². The lowest BCUT2D eigenvalue weighted by Gasteiger charge is -2.20. The third-order valence-corrected chi connectivity index (χ3v) is 4.15. The van der Waals surface area contributed by atoms with Crippen LogP contribution in [0.25, 0.3) is 0 Å². The van der Waals surface area contributed by atoms with Crippen molar-refractivity contribution in [2.24, 2.45) is 5.92 Å². The van der Waals surface area contributed by atoms with Crippen molar-refractivity contribution in [3.63, 3.8) is 0 Å². The number of hydrogen-bond donors (Lipinski definition) is 1. The van der Waals surface area contributed by atoms with Gasteiger partial charge in [-0.2, -0.15) is 11.8 Å². The Morgan fingerprint density at radius 3 is 2.89 bits per heavy atom. The van der Waals surface area contributed by atoms with Gasteiger partial charge in [-0.05, 0) is 24.6 Å². The van der Waals surface area contributed by atoms with Crippen molar-refractivity contribution in [1.29, 1.82) is 0 Å². The van der Waals surface area contributed by atoms with Crippen LogP contribution in [0.2, 0.25) is 0 Å². The SMILES string of the molecule is CC(C)CNCc1cnc(N2CCCSCC2)cn1. The van der Waals surface area contributed by atoms with Crippen LogP contribution in [0.1, 0.15) is 26.0 Å². The Kier molecular flexibility index (Phi) is 5.92. The van der Waals surface area contributed by atoms with Gasteiger partial charge in [0.25, 0.3) is 0 Å². The molecule has 1 aliphatic rings. The summed E-state index contributed by atoms with van der Waals surface area (Å²) in [7, 11) is 0. The van der Waals surface area contributed by atoms with E-state index in [4.69, 9.17) is 0 Å². The maximum Gasteiger partial charge on any atom is 0.147 e. The Bertz CT molecular complexity index is 358. The second-order valence-electron chi connectivity index (χ2n) is 5.34. The van der Waals surface area contributed by atoms with Gasteiger partial charge in [-0.1, -0.05) is 13.8 Å². The maximum atomic E-state index is 4.56. The topological polar surface area (TPSA) is 41.1 Å². The minimum absolute atomic E-state index is 0.668. The van der Waals surface area contributed by atoms with Crippen molar-refractivity contribution in [3.8, 4) is 0 Å². The predicted molar refractivity (Wildman–Crippen MR) is 82.7 cm³/mol. The Hall–Kier alpha value is -0.810. The van der Waals surface area contributed by atoms with Gasteiger partial charge in [0.05, 0.1) is 18.1 Å². The second-order valence-corrected chi connectivity index (χ2v) is 6.57. The average molecular weight is 280 g/mol. The lowest BCUT2D eigenvalue weighted by Crippen LogP contribution is -2.27. The van der Waals surface area contributed by atoms with Gasteiger partial charge in [0.2, 0.25) is 0 Å². The molecule has 4 nitrogen and oxygen atoms in total. The van der Waals surface area contributed by atoms with E-state index in [2.05, 4.69) is 34.0 Å². The van der Waals surface area contributed by atoms with E-state index >= 15 is 0 Å². The molecule has 1 fully saturated rings. The normalized spacial score (nSPS) is 16.7. The van der Waals surface area contributed by atoms with E-state index in [9.17, 15) is 0 Å². The van der Waals surface area contributed by atoms with Gasteiger partial charge in [-0.25, -0.2) is 4.98 Å². The second kappa shape index (κ2) is 7.70. The molecule has 1 saturated heterocycles. The molecule has 106 valence electrons. The third-order valence-electron chi connectivity index (χ3n) is 3.10. The van der Waals surface area contributed by atoms with Crippen LogP contribution in [-0.2, 0) is 6.54 Å². The number of anilines is 1. The molecule has 1 aliphatic heterocycles. The molecule has 2 heterocycles. The van der Waals surface area contributed by atoms with Crippen molar-refractivity contribution in [2.75, 3.05) is 36.0 Å². The van der Waals surface area contributed by atoms with Crippen LogP contribution in [0.4, 0.5) is 5.82 Å². The van der Waals surface area contributed by atoms with Crippen LogP contribution in [0, 0.1) is 5.92 Å². The molecule has 0 bridgehead atoms. The molecule has 0 spiro atoms. The first-order valence-electron chi connectivity index (χ1n) is 7.10. The first kappa shape index (κ1) is 14.6. The molecule has 0 radical (unpaired) electrons. The smallest absolute Gasteiger partial charge is 0.147 e. The fourth-order valence-electron chi connectivity index (χ4n) is 2.07. The van der Waals surface area contributed by atoms with E-state index in [1.54, 1.807) is 0 Å². The van der Waals surface area contributed by atoms with E-state index < -0.39 is 0 Å². The lowest BCUT2D eigenvalue weighted by atomic mass is 10.2. The number of nitrogens with one attached hydrogen (secondary N) is 1. The number of thioether (sulfide) groups is 1. The molecule has 0 unspecified atom stereocenters. The highest BCUT2D eigenvalue weighted by Gasteiger charge is 2.11. The Morgan fingerprint density at radius 1 is 1.26 bits per heavy atom. The number of nitrogens with zero attached hydrogens (tertiary/aromatic N) is 3. The van der Waals surface area contributed by atoms with Gasteiger partial charge in [0.15, 0.2) is 0 Å². The summed E-state index contributed by atoms with van der Waals surface area (Å²) in [5.74, 6) is 4.15. The van der Waals surface area contributed by atoms with Crippen molar-refractivity contribution in [2.45, 2.75) is 26.8 Å². The van der Waals surface area contributed by atoms with E-state index in [0.29, 0.717) is 5.92 Å². The van der Waals surface area contributed by atoms with Crippen LogP contribution in [0.15, 0.2) is 12.4 Å². The molecule has 0 atom stereocenters. The molecular weight excluding hydrogens is 256 g/mol. The van der Waals surface area contributed by atoms with E-state index in [1.165, 1.54) is 17.9 Å². The molecule has 5 heteroatoms. The molecule has 0 saturated carbocycles. The summed E-state index contributed by atoms with van der Waals surface area (Å²) in [6, 6.07) is 0. The van der Waals surface area contributed by atoms with Gasteiger partial charge in [-0.3, -0.25) is 4.98 Å². The summed E-state index contributed by atoms with van der Waals surface area (Å²) in [6.45, 7) is 8.43. The number of rotatable bonds is 5. The van der Waals surface area contributed by atoms with Crippen molar-refractivity contribution >= 4 is 17.6 Å². The maximum absolute atomic E-state index is 4.56. The molecule has 19 heavy (non-hydrogen) atoms. The minimum atomic E-state index is 0.668. The molecule has 0 aliphatic carbocycles. The average Bonchev–Trinajstić information content (AvgIpc) is 2.68. The first-order chi connectivity index (χ1) is 9.25. The third kappa shape index (κ3) is 4.99. The van der Waals surface area contributed by atoms with E-state index in [1.807, 2.05) is 24.2 Å². The monoisotopic (exact) mass is 280 g/mol. The Labute approximate surface area is 120 Å². The summed E-state index contributed by atoms with van der Waals surface area (Å²) >= 11 is 2.03. The standard InChI is InChI=1S/C14H24N4S/c1-12(2)8-15-9-13-10-17-14(11-16-13)18-4-3-6-19-7-5-18/h10-12,15H,3-9H2,1-2H3. The molecule has 1 aromatic heterocycles. The van der Waals surface area contributed by atoms with E-state index in [0.717, 1.165) is 37.7 Å². The summed E-state index contributed by atoms with van der Waals surface area (Å²) < 4.78 is 0. The van der Waals surface area contributed by atoms with Crippen LogP contribution in [0.5, 0.6) is 0 Å². The predicted octanol–water partition coefficient (Wildman–Crippen LogP) is 2.17. The van der Waals surface area contributed by atoms with Gasteiger partial charge in [0, 0.05) is 25.4 Å². The number of aromatic nitrogens is 2. The van der Waals surface area contributed by atoms with Gasteiger partial charge in [0.1, 0.15) is 5.82 Å². The molecular formula is C14H24N4S. The Balaban J connectivity index is 1.86. The van der Waals surface area contributed by atoms with Gasteiger partial charge < -0.3 is 10.2 Å².